The zero-order valence-corrected chi connectivity index (χ0v) is 14.8. The highest BCUT2D eigenvalue weighted by molar-refractivity contribution is 7.99. The second-order valence-corrected chi connectivity index (χ2v) is 8.41. The lowest BCUT2D eigenvalue weighted by molar-refractivity contribution is -0.121. The Morgan fingerprint density at radius 1 is 1.30 bits per heavy atom. The predicted octanol–water partition coefficient (Wildman–Crippen LogP) is 0.485. The van der Waals surface area contributed by atoms with E-state index in [1.807, 2.05) is 18.7 Å². The van der Waals surface area contributed by atoms with Crippen LogP contribution in [0.2, 0.25) is 0 Å². The third kappa shape index (κ3) is 6.14. The second kappa shape index (κ2) is 8.68. The van der Waals surface area contributed by atoms with Crippen LogP contribution in [-0.2, 0) is 14.8 Å². The molecule has 3 N–H and O–H groups in total. The molecule has 1 fully saturated rings. The highest BCUT2D eigenvalue weighted by atomic mass is 32.2. The Kier molecular flexibility index (Phi) is 6.88. The van der Waals surface area contributed by atoms with Crippen molar-refractivity contribution in [2.45, 2.75) is 24.3 Å². The monoisotopic (exact) mass is 357 g/mol. The third-order valence-corrected chi connectivity index (χ3v) is 6.11. The summed E-state index contributed by atoms with van der Waals surface area (Å²) < 4.78 is 26.6. The summed E-state index contributed by atoms with van der Waals surface area (Å²) in [7, 11) is -3.52. The molecule has 1 aromatic rings. The fourth-order valence-corrected chi connectivity index (χ4v) is 4.22. The molecule has 1 amide bonds. The van der Waals surface area contributed by atoms with Crippen LogP contribution in [0.25, 0.3) is 0 Å². The van der Waals surface area contributed by atoms with Gasteiger partial charge < -0.3 is 10.6 Å². The van der Waals surface area contributed by atoms with E-state index in [1.165, 1.54) is 0 Å². The first-order valence-electron chi connectivity index (χ1n) is 7.61. The molecule has 1 heterocycles. The van der Waals surface area contributed by atoms with Crippen LogP contribution < -0.4 is 15.4 Å². The van der Waals surface area contributed by atoms with E-state index in [2.05, 4.69) is 15.4 Å². The number of sulfonamides is 1. The van der Waals surface area contributed by atoms with E-state index in [0.717, 1.165) is 23.6 Å². The molecule has 0 spiro atoms. The van der Waals surface area contributed by atoms with Crippen molar-refractivity contribution in [3.8, 4) is 0 Å². The number of nitrogens with one attached hydrogen (secondary N) is 3. The molecular formula is C15H23N3O3S2. The molecule has 1 saturated heterocycles. The van der Waals surface area contributed by atoms with Crippen LogP contribution in [-0.4, -0.2) is 51.5 Å². The molecule has 0 bridgehead atoms. The fraction of sp³-hybridized carbons (Fsp3) is 0.533. The van der Waals surface area contributed by atoms with Crippen LogP contribution in [0.1, 0.15) is 12.0 Å². The molecule has 6 nitrogen and oxygen atoms in total. The Balaban J connectivity index is 1.69. The molecule has 128 valence electrons. The fourth-order valence-electron chi connectivity index (χ4n) is 2.23. The number of carbonyl (C=O) groups is 1. The summed E-state index contributed by atoms with van der Waals surface area (Å²) in [5.74, 6) is 1.96. The summed E-state index contributed by atoms with van der Waals surface area (Å²) in [6.07, 6.45) is 0.428. The number of hydrogen-bond donors (Lipinski definition) is 3. The molecule has 0 aromatic heterocycles. The van der Waals surface area contributed by atoms with Crippen molar-refractivity contribution >= 4 is 27.7 Å². The number of rotatable bonds is 7. The first-order chi connectivity index (χ1) is 11.0. The van der Waals surface area contributed by atoms with Crippen molar-refractivity contribution in [3.05, 3.63) is 29.8 Å². The Hall–Kier alpha value is -1.09. The van der Waals surface area contributed by atoms with Crippen molar-refractivity contribution < 1.29 is 13.2 Å². The van der Waals surface area contributed by atoms with Gasteiger partial charge in [0, 0.05) is 43.6 Å². The smallest absolute Gasteiger partial charge is 0.240 e. The maximum atomic E-state index is 12.1. The number of aryl methyl sites for hydroxylation is 1. The lowest BCUT2D eigenvalue weighted by atomic mass is 10.2. The number of hydrogen-bond acceptors (Lipinski definition) is 5. The van der Waals surface area contributed by atoms with Gasteiger partial charge in [0.1, 0.15) is 0 Å². The van der Waals surface area contributed by atoms with Gasteiger partial charge in [0.25, 0.3) is 0 Å². The molecule has 1 aliphatic rings. The van der Waals surface area contributed by atoms with Gasteiger partial charge in [0.05, 0.1) is 4.90 Å². The maximum absolute atomic E-state index is 12.1. The van der Waals surface area contributed by atoms with Gasteiger partial charge in [-0.05, 0) is 19.1 Å². The van der Waals surface area contributed by atoms with Crippen LogP contribution in [0, 0.1) is 6.92 Å². The Morgan fingerprint density at radius 3 is 2.70 bits per heavy atom. The molecule has 8 heteroatoms. The normalized spacial score (nSPS) is 18.6. The highest BCUT2D eigenvalue weighted by Gasteiger charge is 2.17. The Bertz CT molecular complexity index is 611. The average Bonchev–Trinajstić information content (AvgIpc) is 2.53. The highest BCUT2D eigenvalue weighted by Crippen LogP contribution is 2.10. The van der Waals surface area contributed by atoms with Gasteiger partial charge in [-0.15, -0.1) is 0 Å². The minimum atomic E-state index is -3.52. The largest absolute Gasteiger partial charge is 0.355 e. The van der Waals surface area contributed by atoms with E-state index in [-0.39, 0.29) is 29.9 Å². The molecule has 1 aliphatic heterocycles. The van der Waals surface area contributed by atoms with Gasteiger partial charge in [0.2, 0.25) is 15.9 Å². The summed E-state index contributed by atoms with van der Waals surface area (Å²) >= 11 is 1.84. The van der Waals surface area contributed by atoms with Crippen molar-refractivity contribution in [1.82, 2.24) is 15.4 Å². The molecule has 1 unspecified atom stereocenters. The second-order valence-electron chi connectivity index (χ2n) is 5.49. The lowest BCUT2D eigenvalue weighted by Crippen LogP contribution is -2.42. The first-order valence-corrected chi connectivity index (χ1v) is 10.3. The molecular weight excluding hydrogens is 334 g/mol. The van der Waals surface area contributed by atoms with E-state index in [0.29, 0.717) is 6.42 Å². The molecule has 2 rings (SSSR count). The Morgan fingerprint density at radius 2 is 2.04 bits per heavy atom. The summed E-state index contributed by atoms with van der Waals surface area (Å²) in [6.45, 7) is 3.29. The number of carbonyl (C=O) groups excluding carboxylic acids is 1. The van der Waals surface area contributed by atoms with Crippen LogP contribution in [0.15, 0.2) is 29.2 Å². The third-order valence-electron chi connectivity index (χ3n) is 3.50. The quantitative estimate of drug-likeness (QED) is 0.618. The predicted molar refractivity (Wildman–Crippen MR) is 93.1 cm³/mol. The van der Waals surface area contributed by atoms with Crippen molar-refractivity contribution in [1.29, 1.82) is 0 Å². The van der Waals surface area contributed by atoms with Crippen molar-refractivity contribution in [2.24, 2.45) is 0 Å². The van der Waals surface area contributed by atoms with E-state index < -0.39 is 10.0 Å². The van der Waals surface area contributed by atoms with Gasteiger partial charge >= 0.3 is 0 Å². The van der Waals surface area contributed by atoms with Crippen molar-refractivity contribution in [3.63, 3.8) is 0 Å². The average molecular weight is 358 g/mol. The van der Waals surface area contributed by atoms with E-state index in [4.69, 9.17) is 0 Å². The molecule has 1 atom stereocenters. The molecule has 1 aromatic carbocycles. The lowest BCUT2D eigenvalue weighted by Gasteiger charge is -2.22. The van der Waals surface area contributed by atoms with Gasteiger partial charge in [-0.3, -0.25) is 4.79 Å². The first kappa shape index (κ1) is 18.3. The topological polar surface area (TPSA) is 87.3 Å². The molecule has 0 aliphatic carbocycles. The van der Waals surface area contributed by atoms with E-state index in [9.17, 15) is 13.2 Å². The number of benzene rings is 1. The van der Waals surface area contributed by atoms with Crippen LogP contribution in [0.5, 0.6) is 0 Å². The number of thioether (sulfide) groups is 1. The van der Waals surface area contributed by atoms with Gasteiger partial charge in [-0.1, -0.05) is 17.7 Å². The Labute approximate surface area is 141 Å². The van der Waals surface area contributed by atoms with Crippen LogP contribution >= 0.6 is 11.8 Å². The summed E-state index contributed by atoms with van der Waals surface area (Å²) in [5, 5.41) is 6.05. The van der Waals surface area contributed by atoms with Gasteiger partial charge in [-0.25, -0.2) is 13.1 Å². The van der Waals surface area contributed by atoms with E-state index >= 15 is 0 Å². The molecule has 0 radical (unpaired) electrons. The maximum Gasteiger partial charge on any atom is 0.240 e. The molecule has 0 saturated carbocycles. The molecule has 23 heavy (non-hydrogen) atoms. The minimum absolute atomic E-state index is 0.0560. The number of amides is 1. The van der Waals surface area contributed by atoms with Crippen LogP contribution in [0.4, 0.5) is 0 Å². The zero-order chi connectivity index (χ0) is 16.7. The summed E-state index contributed by atoms with van der Waals surface area (Å²) in [6, 6.07) is 6.86. The minimum Gasteiger partial charge on any atom is -0.355 e. The SMILES string of the molecule is Cc1ccc(S(=O)(=O)NCCNC(=O)CC2CSCCN2)cc1. The summed E-state index contributed by atoms with van der Waals surface area (Å²) in [5.41, 5.74) is 1.01. The van der Waals surface area contributed by atoms with Gasteiger partial charge in [-0.2, -0.15) is 11.8 Å². The van der Waals surface area contributed by atoms with Gasteiger partial charge in [0.15, 0.2) is 0 Å². The zero-order valence-electron chi connectivity index (χ0n) is 13.2. The van der Waals surface area contributed by atoms with Crippen LogP contribution in [0.3, 0.4) is 0 Å². The standard InChI is InChI=1S/C15H23N3O3S2/c1-12-2-4-14(5-3-12)23(20,21)18-7-6-17-15(19)10-13-11-22-9-8-16-13/h2-5,13,16,18H,6-11H2,1H3,(H,17,19). The van der Waals surface area contributed by atoms with E-state index in [1.54, 1.807) is 24.3 Å². The summed E-state index contributed by atoms with van der Waals surface area (Å²) in [4.78, 5) is 12.0. The van der Waals surface area contributed by atoms with Crippen molar-refractivity contribution in [2.75, 3.05) is 31.1 Å².